The minimum atomic E-state index is -1.38. The first-order valence-electron chi connectivity index (χ1n) is 12.6. The Morgan fingerprint density at radius 3 is 2.03 bits per heavy atom. The molecule has 0 aromatic heterocycles. The number of nitrogens with one attached hydrogen (secondary N) is 3. The van der Waals surface area contributed by atoms with Gasteiger partial charge in [-0.05, 0) is 30.7 Å². The monoisotopic (exact) mass is 548 g/mol. The van der Waals surface area contributed by atoms with Crippen LogP contribution in [0.4, 0.5) is 0 Å². The van der Waals surface area contributed by atoms with E-state index in [1.807, 2.05) is 0 Å². The van der Waals surface area contributed by atoms with Crippen molar-refractivity contribution in [1.29, 1.82) is 0 Å². The second kappa shape index (κ2) is 16.6. The Labute approximate surface area is 227 Å². The van der Waals surface area contributed by atoms with E-state index in [1.54, 1.807) is 44.2 Å². The highest BCUT2D eigenvalue weighted by atomic mass is 16.4. The van der Waals surface area contributed by atoms with Crippen LogP contribution in [0.15, 0.2) is 35.3 Å². The molecule has 0 aliphatic heterocycles. The van der Waals surface area contributed by atoms with Gasteiger partial charge in [0.1, 0.15) is 18.1 Å². The summed E-state index contributed by atoms with van der Waals surface area (Å²) in [6.45, 7) is 3.63. The van der Waals surface area contributed by atoms with Crippen LogP contribution in [0.2, 0.25) is 0 Å². The summed E-state index contributed by atoms with van der Waals surface area (Å²) in [6.07, 6.45) is 0.373. The summed E-state index contributed by atoms with van der Waals surface area (Å²) in [5, 5.41) is 17.0. The van der Waals surface area contributed by atoms with Gasteiger partial charge in [0, 0.05) is 19.4 Å². The van der Waals surface area contributed by atoms with Crippen molar-refractivity contribution in [3.8, 4) is 0 Å². The van der Waals surface area contributed by atoms with Crippen molar-refractivity contribution >= 4 is 35.6 Å². The molecule has 4 atom stereocenters. The van der Waals surface area contributed by atoms with E-state index in [1.165, 1.54) is 0 Å². The first-order valence-corrected chi connectivity index (χ1v) is 12.6. The lowest BCUT2D eigenvalue weighted by Gasteiger charge is -2.27. The van der Waals surface area contributed by atoms with Crippen molar-refractivity contribution in [3.05, 3.63) is 35.9 Å². The third kappa shape index (κ3) is 12.7. The van der Waals surface area contributed by atoms with Gasteiger partial charge in [-0.1, -0.05) is 44.2 Å². The van der Waals surface area contributed by atoms with Crippen LogP contribution in [-0.2, 0) is 30.4 Å². The van der Waals surface area contributed by atoms with Crippen LogP contribution >= 0.6 is 0 Å². The first kappa shape index (κ1) is 32.8. The Kier molecular flexibility index (Phi) is 14.0. The average Bonchev–Trinajstić information content (AvgIpc) is 2.86. The zero-order chi connectivity index (χ0) is 29.5. The predicted molar refractivity (Wildman–Crippen MR) is 145 cm³/mol. The normalized spacial score (nSPS) is 13.8. The Balaban J connectivity index is 3.01. The van der Waals surface area contributed by atoms with Crippen LogP contribution in [0.5, 0.6) is 0 Å². The highest BCUT2D eigenvalue weighted by Gasteiger charge is 2.32. The van der Waals surface area contributed by atoms with Gasteiger partial charge >= 0.3 is 5.97 Å². The Morgan fingerprint density at radius 1 is 0.872 bits per heavy atom. The second-order valence-electron chi connectivity index (χ2n) is 9.44. The van der Waals surface area contributed by atoms with Gasteiger partial charge in [0.05, 0.1) is 6.04 Å². The molecule has 0 saturated heterocycles. The molecule has 0 heterocycles. The summed E-state index contributed by atoms with van der Waals surface area (Å²) in [6, 6.07) is 4.41. The van der Waals surface area contributed by atoms with E-state index < -0.39 is 59.7 Å². The van der Waals surface area contributed by atoms with Gasteiger partial charge in [0.15, 0.2) is 5.96 Å². The van der Waals surface area contributed by atoms with Crippen LogP contribution in [0.3, 0.4) is 0 Å². The molecular formula is C25H40N8O6. The number of benzene rings is 1. The van der Waals surface area contributed by atoms with Crippen molar-refractivity contribution < 1.29 is 29.1 Å². The summed E-state index contributed by atoms with van der Waals surface area (Å²) in [5.74, 6) is -4.54. The summed E-state index contributed by atoms with van der Waals surface area (Å²) in [5.41, 5.74) is 22.4. The number of primary amides is 1. The molecule has 12 N–H and O–H groups in total. The molecule has 0 spiro atoms. The largest absolute Gasteiger partial charge is 0.480 e. The first-order chi connectivity index (χ1) is 18.3. The van der Waals surface area contributed by atoms with Crippen LogP contribution in [-0.4, -0.2) is 71.4 Å². The minimum Gasteiger partial charge on any atom is -0.480 e. The predicted octanol–water partition coefficient (Wildman–Crippen LogP) is -1.93. The summed E-state index contributed by atoms with van der Waals surface area (Å²) < 4.78 is 0. The third-order valence-corrected chi connectivity index (χ3v) is 5.76. The fourth-order valence-corrected chi connectivity index (χ4v) is 3.58. The number of carboxylic acids is 1. The molecule has 0 radical (unpaired) electrons. The number of carbonyl (C=O) groups is 5. The number of rotatable bonds is 17. The molecule has 0 saturated carbocycles. The standard InChI is InChI=1S/C25H40N8O6/c1-14(2)20(23(37)31-17(24(38)39)10-11-19(27)34)33-22(36)18(13-15-7-4-3-5-8-15)32-21(35)16(26)9-6-12-30-25(28)29/h3-5,7-8,14,16-18,20H,6,9-13,26H2,1-2H3,(H2,27,34)(H,31,37)(H,32,35)(H,33,36)(H,38,39)(H4,28,29,30). The number of nitrogens with two attached hydrogens (primary N) is 4. The van der Waals surface area contributed by atoms with Gasteiger partial charge in [-0.3, -0.25) is 24.2 Å². The maximum absolute atomic E-state index is 13.3. The van der Waals surface area contributed by atoms with Crippen molar-refractivity contribution in [1.82, 2.24) is 16.0 Å². The summed E-state index contributed by atoms with van der Waals surface area (Å²) in [4.78, 5) is 65.5. The van der Waals surface area contributed by atoms with Gasteiger partial charge in [-0.15, -0.1) is 0 Å². The van der Waals surface area contributed by atoms with Crippen molar-refractivity contribution in [3.63, 3.8) is 0 Å². The topological polar surface area (TPSA) is 258 Å². The molecule has 0 bridgehead atoms. The molecule has 216 valence electrons. The van der Waals surface area contributed by atoms with E-state index in [2.05, 4.69) is 20.9 Å². The number of carbonyl (C=O) groups excluding carboxylic acids is 4. The van der Waals surface area contributed by atoms with Gasteiger partial charge in [0.25, 0.3) is 0 Å². The van der Waals surface area contributed by atoms with E-state index in [0.29, 0.717) is 13.0 Å². The maximum atomic E-state index is 13.3. The van der Waals surface area contributed by atoms with E-state index in [-0.39, 0.29) is 31.6 Å². The zero-order valence-electron chi connectivity index (χ0n) is 22.3. The van der Waals surface area contributed by atoms with Crippen LogP contribution in [0.1, 0.15) is 45.1 Å². The van der Waals surface area contributed by atoms with E-state index in [0.717, 1.165) is 5.56 Å². The number of carboxylic acid groups (broad SMARTS) is 1. The lowest BCUT2D eigenvalue weighted by molar-refractivity contribution is -0.143. The molecule has 39 heavy (non-hydrogen) atoms. The fourth-order valence-electron chi connectivity index (χ4n) is 3.58. The Morgan fingerprint density at radius 2 is 1.49 bits per heavy atom. The average molecular weight is 549 g/mol. The molecule has 0 fully saturated rings. The molecule has 0 aliphatic rings. The molecule has 14 heteroatoms. The van der Waals surface area contributed by atoms with E-state index >= 15 is 0 Å². The third-order valence-electron chi connectivity index (χ3n) is 5.76. The molecule has 1 aromatic carbocycles. The summed E-state index contributed by atoms with van der Waals surface area (Å²) in [7, 11) is 0. The van der Waals surface area contributed by atoms with Gasteiger partial charge < -0.3 is 44.0 Å². The molecule has 1 rings (SSSR count). The van der Waals surface area contributed by atoms with Crippen molar-refractivity contribution in [2.45, 2.75) is 70.1 Å². The minimum absolute atomic E-state index is 0.0705. The Bertz CT molecular complexity index is 1010. The lowest BCUT2D eigenvalue weighted by Crippen LogP contribution is -2.59. The second-order valence-corrected chi connectivity index (χ2v) is 9.44. The smallest absolute Gasteiger partial charge is 0.326 e. The summed E-state index contributed by atoms with van der Waals surface area (Å²) >= 11 is 0. The van der Waals surface area contributed by atoms with Crippen molar-refractivity contribution in [2.24, 2.45) is 33.8 Å². The lowest BCUT2D eigenvalue weighted by atomic mass is 10.00. The number of nitrogens with zero attached hydrogens (tertiary/aromatic N) is 1. The number of aliphatic imine (C=N–C) groups is 1. The van der Waals surface area contributed by atoms with Crippen LogP contribution < -0.4 is 38.9 Å². The van der Waals surface area contributed by atoms with Crippen LogP contribution in [0, 0.1) is 5.92 Å². The van der Waals surface area contributed by atoms with E-state index in [9.17, 15) is 29.1 Å². The number of aliphatic carboxylic acids is 1. The maximum Gasteiger partial charge on any atom is 0.326 e. The number of hydrogen-bond donors (Lipinski definition) is 8. The zero-order valence-corrected chi connectivity index (χ0v) is 22.3. The van der Waals surface area contributed by atoms with E-state index in [4.69, 9.17) is 22.9 Å². The fraction of sp³-hybridized carbons (Fsp3) is 0.520. The molecule has 1 aromatic rings. The van der Waals surface area contributed by atoms with Gasteiger partial charge in [-0.2, -0.15) is 0 Å². The molecule has 4 unspecified atom stereocenters. The number of hydrogen-bond acceptors (Lipinski definition) is 7. The number of amides is 4. The van der Waals surface area contributed by atoms with Crippen LogP contribution in [0.25, 0.3) is 0 Å². The molecule has 4 amide bonds. The quantitative estimate of drug-likeness (QED) is 0.0611. The Hall–Kier alpha value is -4.20. The molecule has 0 aliphatic carbocycles. The molecular weight excluding hydrogens is 508 g/mol. The number of guanidine groups is 1. The van der Waals surface area contributed by atoms with Crippen molar-refractivity contribution in [2.75, 3.05) is 6.54 Å². The van der Waals surface area contributed by atoms with Gasteiger partial charge in [-0.25, -0.2) is 4.79 Å². The van der Waals surface area contributed by atoms with Gasteiger partial charge in [0.2, 0.25) is 23.6 Å². The highest BCUT2D eigenvalue weighted by Crippen LogP contribution is 2.09. The molecule has 14 nitrogen and oxygen atoms in total. The highest BCUT2D eigenvalue weighted by molar-refractivity contribution is 5.94. The SMILES string of the molecule is CC(C)C(NC(=O)C(Cc1ccccc1)NC(=O)C(N)CCCN=C(N)N)C(=O)NC(CCC(N)=O)C(=O)O.